The first-order chi connectivity index (χ1) is 22.7. The molecule has 1 aliphatic carbocycles. The standard InChI is InChI=1S/C34H37F3N8O3/c1-38-24-13-15-26(16-14-24)43-28(17-18-40-43)30-29(33(48)44(42(30)2)27-8-6-7-23(21-27)34(35,36)37)32(47)41-25-11-9-22(10-12-25)31(46)39-19-20-45(3,4)5/h6-8,13-18,21-22,25H,9-12,19-20H2,2-5H3,(H-,39,41,46,47)/p+1. The van der Waals surface area contributed by atoms with Crippen LogP contribution in [-0.2, 0) is 18.0 Å². The third kappa shape index (κ3) is 7.36. The highest BCUT2D eigenvalue weighted by atomic mass is 19.4. The molecule has 4 aromatic rings. The maximum absolute atomic E-state index is 14.1. The maximum atomic E-state index is 14.1. The van der Waals surface area contributed by atoms with Crippen LogP contribution in [-0.4, -0.2) is 75.7 Å². The minimum Gasteiger partial charge on any atom is -0.350 e. The Morgan fingerprint density at radius 3 is 2.33 bits per heavy atom. The molecule has 2 heterocycles. The van der Waals surface area contributed by atoms with Crippen LogP contribution in [0.15, 0.2) is 65.6 Å². The third-order valence-electron chi connectivity index (χ3n) is 8.54. The Morgan fingerprint density at radius 2 is 1.71 bits per heavy atom. The molecule has 0 saturated heterocycles. The van der Waals surface area contributed by atoms with Crippen molar-refractivity contribution < 1.29 is 27.2 Å². The van der Waals surface area contributed by atoms with Gasteiger partial charge in [0.25, 0.3) is 11.5 Å². The van der Waals surface area contributed by atoms with E-state index in [1.807, 2.05) is 21.1 Å². The molecule has 0 aliphatic heterocycles. The summed E-state index contributed by atoms with van der Waals surface area (Å²) in [6.45, 7) is 8.60. The van der Waals surface area contributed by atoms with E-state index in [9.17, 15) is 27.6 Å². The molecule has 14 heteroatoms. The van der Waals surface area contributed by atoms with Crippen LogP contribution in [0, 0.1) is 12.5 Å². The number of carbonyl (C=O) groups is 2. The molecule has 2 aromatic heterocycles. The van der Waals surface area contributed by atoms with Crippen LogP contribution in [0.2, 0.25) is 0 Å². The molecular formula is C34H38F3N8O3+. The molecule has 0 spiro atoms. The second-order valence-corrected chi connectivity index (χ2v) is 13.0. The van der Waals surface area contributed by atoms with Crippen molar-refractivity contribution in [1.82, 2.24) is 29.8 Å². The van der Waals surface area contributed by atoms with Crippen LogP contribution < -0.4 is 16.2 Å². The van der Waals surface area contributed by atoms with Gasteiger partial charge in [0.05, 0.1) is 69.6 Å². The second-order valence-electron chi connectivity index (χ2n) is 13.0. The topological polar surface area (TPSA) is 107 Å². The number of alkyl halides is 3. The summed E-state index contributed by atoms with van der Waals surface area (Å²) >= 11 is 0. The SMILES string of the molecule is [C-]#[N+]c1ccc(-n2nccc2-c2c(C(=O)NC3CCC(C(=O)NCC[N+](C)(C)C)CC3)c(=O)n(-c3cccc(C(F)(F)F)c3)n2C)cc1. The molecule has 0 atom stereocenters. The van der Waals surface area contributed by atoms with E-state index in [1.54, 1.807) is 30.3 Å². The minimum absolute atomic E-state index is 0.0137. The number of benzene rings is 2. The molecule has 1 fully saturated rings. The van der Waals surface area contributed by atoms with Gasteiger partial charge in [-0.15, -0.1) is 0 Å². The fourth-order valence-corrected chi connectivity index (χ4v) is 5.98. The van der Waals surface area contributed by atoms with Gasteiger partial charge in [0.15, 0.2) is 5.69 Å². The highest BCUT2D eigenvalue weighted by Crippen LogP contribution is 2.32. The van der Waals surface area contributed by atoms with E-state index < -0.39 is 23.2 Å². The lowest BCUT2D eigenvalue weighted by Gasteiger charge is -2.29. The summed E-state index contributed by atoms with van der Waals surface area (Å²) in [5, 5.41) is 10.4. The van der Waals surface area contributed by atoms with Crippen LogP contribution in [0.3, 0.4) is 0 Å². The van der Waals surface area contributed by atoms with E-state index in [0.29, 0.717) is 49.3 Å². The van der Waals surface area contributed by atoms with Gasteiger partial charge in [-0.2, -0.15) is 18.3 Å². The van der Waals surface area contributed by atoms with Gasteiger partial charge in [-0.3, -0.25) is 19.1 Å². The fraction of sp³-hybridized carbons (Fsp3) is 0.382. The number of quaternary nitrogens is 1. The van der Waals surface area contributed by atoms with Crippen molar-refractivity contribution in [2.24, 2.45) is 13.0 Å². The van der Waals surface area contributed by atoms with Crippen molar-refractivity contribution in [2.45, 2.75) is 37.9 Å². The van der Waals surface area contributed by atoms with Gasteiger partial charge in [-0.05, 0) is 62.1 Å². The molecule has 0 unspecified atom stereocenters. The minimum atomic E-state index is -4.65. The number of hydrogen-bond acceptors (Lipinski definition) is 4. The molecule has 2 N–H and O–H groups in total. The lowest BCUT2D eigenvalue weighted by molar-refractivity contribution is -0.869. The fourth-order valence-electron chi connectivity index (χ4n) is 5.98. The van der Waals surface area contributed by atoms with Crippen LogP contribution in [0.1, 0.15) is 41.6 Å². The first-order valence-corrected chi connectivity index (χ1v) is 15.6. The number of halogens is 3. The number of aromatic nitrogens is 4. The number of rotatable bonds is 9. The highest BCUT2D eigenvalue weighted by molar-refractivity contribution is 6.00. The summed E-state index contributed by atoms with van der Waals surface area (Å²) < 4.78 is 45.6. The molecule has 1 aliphatic rings. The smallest absolute Gasteiger partial charge is 0.350 e. The number of nitrogens with one attached hydrogen (secondary N) is 2. The van der Waals surface area contributed by atoms with E-state index in [0.717, 1.165) is 27.8 Å². The van der Waals surface area contributed by atoms with Crippen molar-refractivity contribution in [1.29, 1.82) is 0 Å². The molecule has 252 valence electrons. The Kier molecular flexibility index (Phi) is 9.63. The van der Waals surface area contributed by atoms with Gasteiger partial charge in [-0.25, -0.2) is 14.2 Å². The van der Waals surface area contributed by atoms with E-state index in [-0.39, 0.29) is 34.8 Å². The molecule has 2 aromatic carbocycles. The van der Waals surface area contributed by atoms with E-state index in [2.05, 4.69) is 20.6 Å². The predicted octanol–water partition coefficient (Wildman–Crippen LogP) is 4.71. The summed E-state index contributed by atoms with van der Waals surface area (Å²) in [5.41, 5.74) is -0.619. The summed E-state index contributed by atoms with van der Waals surface area (Å²) in [5.74, 6) is -0.872. The lowest BCUT2D eigenvalue weighted by atomic mass is 9.85. The molecule has 48 heavy (non-hydrogen) atoms. The molecule has 1 saturated carbocycles. The van der Waals surface area contributed by atoms with Crippen molar-refractivity contribution >= 4 is 17.5 Å². The zero-order valence-electron chi connectivity index (χ0n) is 27.2. The first-order valence-electron chi connectivity index (χ1n) is 15.6. The van der Waals surface area contributed by atoms with E-state index >= 15 is 0 Å². The Hall–Kier alpha value is -5.16. The van der Waals surface area contributed by atoms with Gasteiger partial charge in [0.1, 0.15) is 11.3 Å². The maximum Gasteiger partial charge on any atom is 0.416 e. The largest absolute Gasteiger partial charge is 0.416 e. The Morgan fingerprint density at radius 1 is 1.02 bits per heavy atom. The van der Waals surface area contributed by atoms with Crippen LogP contribution in [0.5, 0.6) is 0 Å². The number of hydrogen-bond donors (Lipinski definition) is 2. The quantitative estimate of drug-likeness (QED) is 0.200. The van der Waals surface area contributed by atoms with Crippen molar-refractivity contribution in [3.05, 3.63) is 93.7 Å². The Balaban J connectivity index is 1.48. The third-order valence-corrected chi connectivity index (χ3v) is 8.54. The zero-order valence-corrected chi connectivity index (χ0v) is 27.2. The van der Waals surface area contributed by atoms with E-state index in [4.69, 9.17) is 6.57 Å². The average molecular weight is 664 g/mol. The number of nitrogens with zero attached hydrogens (tertiary/aromatic N) is 6. The number of amides is 2. The van der Waals surface area contributed by atoms with Crippen LogP contribution >= 0.6 is 0 Å². The zero-order chi connectivity index (χ0) is 34.8. The average Bonchev–Trinajstić information content (AvgIpc) is 3.62. The predicted molar refractivity (Wildman–Crippen MR) is 174 cm³/mol. The summed E-state index contributed by atoms with van der Waals surface area (Å²) in [6.07, 6.45) is -0.998. The van der Waals surface area contributed by atoms with Gasteiger partial charge in [0, 0.05) is 19.0 Å². The van der Waals surface area contributed by atoms with Crippen molar-refractivity contribution in [3.63, 3.8) is 0 Å². The van der Waals surface area contributed by atoms with Crippen molar-refractivity contribution in [3.8, 4) is 22.8 Å². The monoisotopic (exact) mass is 663 g/mol. The van der Waals surface area contributed by atoms with Crippen molar-refractivity contribution in [2.75, 3.05) is 34.2 Å². The van der Waals surface area contributed by atoms with Crippen LogP contribution in [0.25, 0.3) is 27.6 Å². The van der Waals surface area contributed by atoms with Gasteiger partial charge >= 0.3 is 6.18 Å². The first kappa shape index (κ1) is 34.2. The summed E-state index contributed by atoms with van der Waals surface area (Å²) in [6, 6.07) is 12.2. The highest BCUT2D eigenvalue weighted by Gasteiger charge is 2.34. The molecular weight excluding hydrogens is 625 g/mol. The second kappa shape index (κ2) is 13.5. The molecule has 5 rings (SSSR count). The van der Waals surface area contributed by atoms with Crippen LogP contribution in [0.4, 0.5) is 18.9 Å². The van der Waals surface area contributed by atoms with Gasteiger partial charge in [0.2, 0.25) is 5.91 Å². The molecule has 0 radical (unpaired) electrons. The molecule has 0 bridgehead atoms. The number of carbonyl (C=O) groups excluding carboxylic acids is 2. The van der Waals surface area contributed by atoms with Gasteiger partial charge < -0.3 is 15.1 Å². The molecule has 2 amide bonds. The normalized spacial score (nSPS) is 16.7. The van der Waals surface area contributed by atoms with E-state index in [1.165, 1.54) is 34.7 Å². The lowest BCUT2D eigenvalue weighted by Crippen LogP contribution is -2.45. The Labute approximate surface area is 276 Å². The Bertz CT molecular complexity index is 1900. The number of likely N-dealkylation sites (N-methyl/N-ethyl adjacent to an activating group) is 1. The molecule has 11 nitrogen and oxygen atoms in total. The van der Waals surface area contributed by atoms with Gasteiger partial charge in [-0.1, -0.05) is 18.2 Å². The summed E-state index contributed by atoms with van der Waals surface area (Å²) in [4.78, 5) is 44.2. The summed E-state index contributed by atoms with van der Waals surface area (Å²) in [7, 11) is 7.65.